The average Bonchev–Trinajstić information content (AvgIpc) is 2.43. The number of rotatable bonds is 7. The van der Waals surface area contributed by atoms with E-state index in [1.54, 1.807) is 11.5 Å². The molecule has 5 heteroatoms. The zero-order valence-electron chi connectivity index (χ0n) is 13.7. The van der Waals surface area contributed by atoms with Crippen molar-refractivity contribution in [3.63, 3.8) is 0 Å². The number of hydrogen-bond donors (Lipinski definition) is 1. The Balaban J connectivity index is 3.49. The van der Waals surface area contributed by atoms with Crippen molar-refractivity contribution in [1.29, 1.82) is 0 Å². The van der Waals surface area contributed by atoms with E-state index in [4.69, 9.17) is 5.11 Å². The van der Waals surface area contributed by atoms with E-state index in [1.165, 1.54) is 0 Å². The van der Waals surface area contributed by atoms with Gasteiger partial charge < -0.3 is 5.11 Å². The molecule has 0 saturated heterocycles. The predicted octanol–water partition coefficient (Wildman–Crippen LogP) is 2.80. The van der Waals surface area contributed by atoms with Gasteiger partial charge in [-0.25, -0.2) is 4.79 Å². The number of carboxylic acid groups (broad SMARTS) is 1. The summed E-state index contributed by atoms with van der Waals surface area (Å²) in [5.41, 5.74) is 1.93. The number of nitrogens with zero attached hydrogens (tertiary/aromatic N) is 2. The first kappa shape index (κ1) is 17.4. The van der Waals surface area contributed by atoms with E-state index in [0.717, 1.165) is 30.5 Å². The Hall–Kier alpha value is -1.65. The molecular weight excluding hydrogens is 268 g/mol. The van der Waals surface area contributed by atoms with Crippen LogP contribution in [0.3, 0.4) is 0 Å². The number of aromatic nitrogens is 2. The highest BCUT2D eigenvalue weighted by atomic mass is 16.4. The van der Waals surface area contributed by atoms with Crippen molar-refractivity contribution in [2.24, 2.45) is 0 Å². The predicted molar refractivity (Wildman–Crippen MR) is 82.8 cm³/mol. The number of aryl methyl sites for hydroxylation is 1. The molecule has 1 N–H and O–H groups in total. The molecule has 21 heavy (non-hydrogen) atoms. The molecule has 0 unspecified atom stereocenters. The van der Waals surface area contributed by atoms with Crippen LogP contribution in [0.2, 0.25) is 0 Å². The van der Waals surface area contributed by atoms with Crippen molar-refractivity contribution in [1.82, 2.24) is 9.55 Å². The summed E-state index contributed by atoms with van der Waals surface area (Å²) in [6, 6.07) is 0. The largest absolute Gasteiger partial charge is 0.481 e. The van der Waals surface area contributed by atoms with Crippen molar-refractivity contribution < 1.29 is 9.90 Å². The average molecular weight is 294 g/mol. The molecule has 0 aliphatic carbocycles. The van der Waals surface area contributed by atoms with Gasteiger partial charge in [-0.15, -0.1) is 0 Å². The number of aliphatic carboxylic acids is 1. The molecular formula is C16H26N2O3. The van der Waals surface area contributed by atoms with Crippen LogP contribution < -0.4 is 5.69 Å². The van der Waals surface area contributed by atoms with Crippen molar-refractivity contribution >= 4 is 5.97 Å². The molecule has 118 valence electrons. The van der Waals surface area contributed by atoms with E-state index < -0.39 is 5.97 Å². The van der Waals surface area contributed by atoms with Gasteiger partial charge in [-0.3, -0.25) is 9.36 Å². The van der Waals surface area contributed by atoms with Crippen molar-refractivity contribution in [3.05, 3.63) is 27.4 Å². The van der Waals surface area contributed by atoms with Crippen molar-refractivity contribution in [3.8, 4) is 0 Å². The highest BCUT2D eigenvalue weighted by Crippen LogP contribution is 2.30. The van der Waals surface area contributed by atoms with Crippen LogP contribution in [0.1, 0.15) is 63.4 Å². The molecule has 0 radical (unpaired) electrons. The zero-order valence-corrected chi connectivity index (χ0v) is 13.7. The number of carboxylic acids is 1. The summed E-state index contributed by atoms with van der Waals surface area (Å²) in [6.07, 6.45) is 3.02. The van der Waals surface area contributed by atoms with Gasteiger partial charge in [0.25, 0.3) is 0 Å². The van der Waals surface area contributed by atoms with Gasteiger partial charge in [0.05, 0.1) is 0 Å². The van der Waals surface area contributed by atoms with Crippen LogP contribution in [-0.4, -0.2) is 20.6 Å². The third-order valence-electron chi connectivity index (χ3n) is 4.70. The monoisotopic (exact) mass is 294 g/mol. The van der Waals surface area contributed by atoms with E-state index in [2.05, 4.69) is 25.8 Å². The summed E-state index contributed by atoms with van der Waals surface area (Å²) < 4.78 is 1.79. The molecule has 0 bridgehead atoms. The standard InChI is InChI=1S/C16H26N2O3/c1-6-16(7-2,8-3)18-12(5)13(9-10-14(19)20)11(4)17-15(18)21/h6-10H2,1-5H3,(H,19,20). The molecule has 0 atom stereocenters. The molecule has 1 aromatic rings. The van der Waals surface area contributed by atoms with Gasteiger partial charge in [-0.1, -0.05) is 20.8 Å². The van der Waals surface area contributed by atoms with Crippen LogP contribution >= 0.6 is 0 Å². The maximum atomic E-state index is 12.4. The number of carbonyl (C=O) groups is 1. The fourth-order valence-corrected chi connectivity index (χ4v) is 3.18. The molecule has 1 heterocycles. The Morgan fingerprint density at radius 1 is 1.19 bits per heavy atom. The molecule has 0 aliphatic heterocycles. The smallest absolute Gasteiger partial charge is 0.348 e. The van der Waals surface area contributed by atoms with Gasteiger partial charge in [-0.05, 0) is 45.1 Å². The highest BCUT2D eigenvalue weighted by molar-refractivity contribution is 5.67. The summed E-state index contributed by atoms with van der Waals surface area (Å²) >= 11 is 0. The summed E-state index contributed by atoms with van der Waals surface area (Å²) in [4.78, 5) is 27.4. The lowest BCUT2D eigenvalue weighted by atomic mass is 9.88. The van der Waals surface area contributed by atoms with E-state index in [9.17, 15) is 9.59 Å². The van der Waals surface area contributed by atoms with Crippen molar-refractivity contribution in [2.45, 2.75) is 72.3 Å². The fraction of sp³-hybridized carbons (Fsp3) is 0.688. The minimum atomic E-state index is -0.834. The van der Waals surface area contributed by atoms with Crippen LogP contribution in [0, 0.1) is 13.8 Å². The van der Waals surface area contributed by atoms with E-state index >= 15 is 0 Å². The molecule has 0 aliphatic rings. The molecule has 5 nitrogen and oxygen atoms in total. The van der Waals surface area contributed by atoms with E-state index in [0.29, 0.717) is 12.1 Å². The third kappa shape index (κ3) is 3.34. The van der Waals surface area contributed by atoms with Gasteiger partial charge in [0.15, 0.2) is 0 Å². The second-order valence-corrected chi connectivity index (χ2v) is 5.56. The summed E-state index contributed by atoms with van der Waals surface area (Å²) in [5, 5.41) is 8.89. The first-order valence-corrected chi connectivity index (χ1v) is 7.64. The second-order valence-electron chi connectivity index (χ2n) is 5.56. The first-order chi connectivity index (χ1) is 9.82. The first-order valence-electron chi connectivity index (χ1n) is 7.64. The topological polar surface area (TPSA) is 72.2 Å². The molecule has 0 aromatic carbocycles. The Morgan fingerprint density at radius 3 is 2.14 bits per heavy atom. The summed E-state index contributed by atoms with van der Waals surface area (Å²) in [6.45, 7) is 9.92. The molecule has 0 fully saturated rings. The maximum absolute atomic E-state index is 12.4. The highest BCUT2D eigenvalue weighted by Gasteiger charge is 2.30. The molecule has 1 aromatic heterocycles. The summed E-state index contributed by atoms with van der Waals surface area (Å²) in [7, 11) is 0. The van der Waals surface area contributed by atoms with Crippen LogP contribution in [0.5, 0.6) is 0 Å². The van der Waals surface area contributed by atoms with Crippen LogP contribution in [0.4, 0.5) is 0 Å². The Labute approximate surface area is 126 Å². The molecule has 0 amide bonds. The fourth-order valence-electron chi connectivity index (χ4n) is 3.18. The van der Waals surface area contributed by atoms with Crippen LogP contribution in [0.25, 0.3) is 0 Å². The lowest BCUT2D eigenvalue weighted by Gasteiger charge is -2.35. The SMILES string of the molecule is CCC(CC)(CC)n1c(C)c(CCC(=O)O)c(C)nc1=O. The summed E-state index contributed by atoms with van der Waals surface area (Å²) in [5.74, 6) is -0.834. The van der Waals surface area contributed by atoms with Gasteiger partial charge >= 0.3 is 11.7 Å². The lowest BCUT2D eigenvalue weighted by Crippen LogP contribution is -2.43. The third-order valence-corrected chi connectivity index (χ3v) is 4.70. The Kier molecular flexibility index (Phi) is 5.70. The van der Waals surface area contributed by atoms with E-state index in [1.807, 2.05) is 6.92 Å². The van der Waals surface area contributed by atoms with Gasteiger partial charge in [0.2, 0.25) is 0 Å². The van der Waals surface area contributed by atoms with Crippen LogP contribution in [-0.2, 0) is 16.8 Å². The molecule has 0 spiro atoms. The second kappa shape index (κ2) is 6.87. The molecule has 1 rings (SSSR count). The quantitative estimate of drug-likeness (QED) is 0.839. The maximum Gasteiger partial charge on any atom is 0.348 e. The number of hydrogen-bond acceptors (Lipinski definition) is 3. The minimum Gasteiger partial charge on any atom is -0.481 e. The minimum absolute atomic E-state index is 0.0545. The zero-order chi connectivity index (χ0) is 16.2. The van der Waals surface area contributed by atoms with Crippen molar-refractivity contribution in [2.75, 3.05) is 0 Å². The normalized spacial score (nSPS) is 11.7. The van der Waals surface area contributed by atoms with E-state index in [-0.39, 0.29) is 17.6 Å². The molecule has 0 saturated carbocycles. The van der Waals surface area contributed by atoms with Gasteiger partial charge in [-0.2, -0.15) is 4.98 Å². The Morgan fingerprint density at radius 2 is 1.71 bits per heavy atom. The van der Waals surface area contributed by atoms with Crippen LogP contribution in [0.15, 0.2) is 4.79 Å². The van der Waals surface area contributed by atoms with Gasteiger partial charge in [0, 0.05) is 23.3 Å². The van der Waals surface area contributed by atoms with Gasteiger partial charge in [0.1, 0.15) is 0 Å². The Bertz CT molecular complexity index is 563. The lowest BCUT2D eigenvalue weighted by molar-refractivity contribution is -0.136.